The van der Waals surface area contributed by atoms with E-state index >= 15 is 0 Å². The van der Waals surface area contributed by atoms with Crippen molar-refractivity contribution in [2.24, 2.45) is 0 Å². The molecular weight excluding hydrogens is 297 g/mol. The van der Waals surface area contributed by atoms with E-state index in [4.69, 9.17) is 16.3 Å². The predicted octanol–water partition coefficient (Wildman–Crippen LogP) is 2.77. The summed E-state index contributed by atoms with van der Waals surface area (Å²) in [5, 5.41) is 7.98. The van der Waals surface area contributed by atoms with Crippen molar-refractivity contribution in [3.63, 3.8) is 0 Å². The lowest BCUT2D eigenvalue weighted by molar-refractivity contribution is 0.0542. The summed E-state index contributed by atoms with van der Waals surface area (Å²) in [6.45, 7) is 5.55. The molecule has 0 spiro atoms. The molecular formula is C14H13ClFN3O2. The Morgan fingerprint density at radius 1 is 1.57 bits per heavy atom. The average Bonchev–Trinajstić information content (AvgIpc) is 2.81. The zero-order chi connectivity index (χ0) is 15.4. The number of halogens is 2. The lowest BCUT2D eigenvalue weighted by atomic mass is 10.2. The van der Waals surface area contributed by atoms with Crippen molar-refractivity contribution in [2.75, 3.05) is 6.61 Å². The third-order valence-electron chi connectivity index (χ3n) is 2.84. The fourth-order valence-corrected chi connectivity index (χ4v) is 1.94. The minimum absolute atomic E-state index is 0.106. The van der Waals surface area contributed by atoms with Crippen LogP contribution in [0.5, 0.6) is 0 Å². The van der Waals surface area contributed by atoms with Crippen LogP contribution in [0.1, 0.15) is 21.7 Å². The summed E-state index contributed by atoms with van der Waals surface area (Å²) in [6, 6.07) is 4.10. The Hall–Kier alpha value is -2.21. The molecule has 0 bridgehead atoms. The molecule has 1 aromatic heterocycles. The van der Waals surface area contributed by atoms with Crippen molar-refractivity contribution in [2.45, 2.75) is 13.5 Å². The first kappa shape index (κ1) is 15.2. The van der Waals surface area contributed by atoms with Crippen molar-refractivity contribution in [1.29, 1.82) is 0 Å². The fourth-order valence-electron chi connectivity index (χ4n) is 1.71. The molecule has 0 N–H and O–H groups in total. The summed E-state index contributed by atoms with van der Waals surface area (Å²) in [4.78, 5) is 11.7. The third-order valence-corrected chi connectivity index (χ3v) is 3.20. The molecule has 0 aliphatic carbocycles. The summed E-state index contributed by atoms with van der Waals surface area (Å²) in [6.07, 6.45) is 1.47. The van der Waals surface area contributed by atoms with Gasteiger partial charge in [-0.05, 0) is 24.6 Å². The SMILES string of the molecule is C=CCOC(=O)c1nnn(Cc2ccc(F)cc2Cl)c1C. The van der Waals surface area contributed by atoms with Crippen molar-refractivity contribution in [1.82, 2.24) is 15.0 Å². The quantitative estimate of drug-likeness (QED) is 0.629. The Morgan fingerprint density at radius 2 is 2.33 bits per heavy atom. The summed E-state index contributed by atoms with van der Waals surface area (Å²) in [7, 11) is 0. The number of nitrogens with zero attached hydrogens (tertiary/aromatic N) is 3. The lowest BCUT2D eigenvalue weighted by Crippen LogP contribution is -2.09. The minimum atomic E-state index is -0.566. The predicted molar refractivity (Wildman–Crippen MR) is 75.8 cm³/mol. The van der Waals surface area contributed by atoms with Crippen LogP contribution < -0.4 is 0 Å². The molecule has 2 aromatic rings. The van der Waals surface area contributed by atoms with Crippen LogP contribution in [0, 0.1) is 12.7 Å². The first-order chi connectivity index (χ1) is 10.0. The molecule has 110 valence electrons. The summed E-state index contributed by atoms with van der Waals surface area (Å²) in [5.74, 6) is -0.975. The highest BCUT2D eigenvalue weighted by atomic mass is 35.5. The highest BCUT2D eigenvalue weighted by molar-refractivity contribution is 6.31. The number of aromatic nitrogens is 3. The summed E-state index contributed by atoms with van der Waals surface area (Å²) >= 11 is 5.97. The van der Waals surface area contributed by atoms with E-state index in [1.807, 2.05) is 0 Å². The maximum absolute atomic E-state index is 13.0. The zero-order valence-corrected chi connectivity index (χ0v) is 12.1. The molecule has 0 fully saturated rings. The number of esters is 1. The molecule has 0 unspecified atom stereocenters. The molecule has 0 atom stereocenters. The molecule has 1 aromatic carbocycles. The standard InChI is InChI=1S/C14H13ClFN3O2/c1-3-6-21-14(20)13-9(2)19(18-17-13)8-10-4-5-11(16)7-12(10)15/h3-5,7H,1,6,8H2,2H3. The lowest BCUT2D eigenvalue weighted by Gasteiger charge is -2.06. The number of hydrogen-bond acceptors (Lipinski definition) is 4. The molecule has 0 radical (unpaired) electrons. The highest BCUT2D eigenvalue weighted by Gasteiger charge is 2.18. The molecule has 0 aliphatic rings. The molecule has 0 amide bonds. The van der Waals surface area contributed by atoms with E-state index in [0.29, 0.717) is 16.3 Å². The van der Waals surface area contributed by atoms with Gasteiger partial charge >= 0.3 is 5.97 Å². The second kappa shape index (κ2) is 6.49. The van der Waals surface area contributed by atoms with E-state index in [0.717, 1.165) is 0 Å². The van der Waals surface area contributed by atoms with E-state index in [9.17, 15) is 9.18 Å². The van der Waals surface area contributed by atoms with Gasteiger partial charge in [-0.3, -0.25) is 0 Å². The van der Waals surface area contributed by atoms with Crippen molar-refractivity contribution >= 4 is 17.6 Å². The van der Waals surface area contributed by atoms with Crippen LogP contribution in [0.25, 0.3) is 0 Å². The monoisotopic (exact) mass is 309 g/mol. The second-order valence-electron chi connectivity index (χ2n) is 4.30. The van der Waals surface area contributed by atoms with Gasteiger partial charge in [0.1, 0.15) is 12.4 Å². The van der Waals surface area contributed by atoms with Gasteiger partial charge in [0.25, 0.3) is 0 Å². The van der Waals surface area contributed by atoms with Crippen LogP contribution in [-0.2, 0) is 11.3 Å². The van der Waals surface area contributed by atoms with Gasteiger partial charge in [0, 0.05) is 5.02 Å². The van der Waals surface area contributed by atoms with Gasteiger partial charge < -0.3 is 4.74 Å². The highest BCUT2D eigenvalue weighted by Crippen LogP contribution is 2.19. The van der Waals surface area contributed by atoms with Crippen LogP contribution in [0.4, 0.5) is 4.39 Å². The number of benzene rings is 1. The van der Waals surface area contributed by atoms with Gasteiger partial charge in [-0.15, -0.1) is 5.10 Å². The summed E-state index contributed by atoms with van der Waals surface area (Å²) < 4.78 is 19.4. The third kappa shape index (κ3) is 3.46. The molecule has 0 aliphatic heterocycles. The van der Waals surface area contributed by atoms with E-state index in [2.05, 4.69) is 16.9 Å². The molecule has 0 saturated heterocycles. The number of ether oxygens (including phenoxy) is 1. The minimum Gasteiger partial charge on any atom is -0.457 e. The van der Waals surface area contributed by atoms with E-state index in [1.165, 1.54) is 22.9 Å². The maximum Gasteiger partial charge on any atom is 0.361 e. The van der Waals surface area contributed by atoms with Crippen molar-refractivity contribution in [3.05, 3.63) is 58.6 Å². The number of carbonyl (C=O) groups excluding carboxylic acids is 1. The smallest absolute Gasteiger partial charge is 0.361 e. The summed E-state index contributed by atoms with van der Waals surface area (Å²) in [5.41, 5.74) is 1.36. The molecule has 5 nitrogen and oxygen atoms in total. The average molecular weight is 310 g/mol. The molecule has 2 rings (SSSR count). The number of carbonyl (C=O) groups is 1. The van der Waals surface area contributed by atoms with E-state index in [-0.39, 0.29) is 18.8 Å². The van der Waals surface area contributed by atoms with E-state index in [1.54, 1.807) is 13.0 Å². The van der Waals surface area contributed by atoms with Crippen LogP contribution in [0.2, 0.25) is 5.02 Å². The van der Waals surface area contributed by atoms with Crippen LogP contribution >= 0.6 is 11.6 Å². The normalized spacial score (nSPS) is 10.4. The Labute approximate surface area is 126 Å². The molecule has 0 saturated carbocycles. The number of hydrogen-bond donors (Lipinski definition) is 0. The van der Waals surface area contributed by atoms with Gasteiger partial charge in [-0.2, -0.15) is 0 Å². The topological polar surface area (TPSA) is 57.0 Å². The van der Waals surface area contributed by atoms with Gasteiger partial charge in [-0.25, -0.2) is 13.9 Å². The number of rotatable bonds is 5. The Morgan fingerprint density at radius 3 is 3.00 bits per heavy atom. The van der Waals surface area contributed by atoms with Crippen molar-refractivity contribution in [3.8, 4) is 0 Å². The van der Waals surface area contributed by atoms with Crippen LogP contribution in [0.3, 0.4) is 0 Å². The largest absolute Gasteiger partial charge is 0.457 e. The van der Waals surface area contributed by atoms with Crippen LogP contribution in [0.15, 0.2) is 30.9 Å². The van der Waals surface area contributed by atoms with Crippen LogP contribution in [-0.4, -0.2) is 27.6 Å². The zero-order valence-electron chi connectivity index (χ0n) is 11.3. The van der Waals surface area contributed by atoms with Gasteiger partial charge in [0.05, 0.1) is 12.2 Å². The Bertz CT molecular complexity index is 685. The van der Waals surface area contributed by atoms with E-state index < -0.39 is 11.8 Å². The maximum atomic E-state index is 13.0. The molecule has 21 heavy (non-hydrogen) atoms. The molecule has 1 heterocycles. The van der Waals surface area contributed by atoms with Gasteiger partial charge in [0.2, 0.25) is 0 Å². The first-order valence-corrected chi connectivity index (χ1v) is 6.52. The Kier molecular flexibility index (Phi) is 4.70. The molecule has 7 heteroatoms. The second-order valence-corrected chi connectivity index (χ2v) is 4.71. The van der Waals surface area contributed by atoms with Gasteiger partial charge in [0.15, 0.2) is 5.69 Å². The van der Waals surface area contributed by atoms with Crippen molar-refractivity contribution < 1.29 is 13.9 Å². The van der Waals surface area contributed by atoms with Gasteiger partial charge in [-0.1, -0.05) is 35.5 Å². The Balaban J connectivity index is 2.20. The fraction of sp³-hybridized carbons (Fsp3) is 0.214. The first-order valence-electron chi connectivity index (χ1n) is 6.15.